The molecule has 0 aliphatic carbocycles. The number of aromatic hydroxyl groups is 2. The van der Waals surface area contributed by atoms with E-state index in [1.165, 1.54) is 6.07 Å². The van der Waals surface area contributed by atoms with Gasteiger partial charge in [0.1, 0.15) is 0 Å². The second-order valence-corrected chi connectivity index (χ2v) is 3.35. The van der Waals surface area contributed by atoms with Crippen LogP contribution >= 0.6 is 11.6 Å². The quantitative estimate of drug-likeness (QED) is 0.446. The van der Waals surface area contributed by atoms with Crippen molar-refractivity contribution in [3.63, 3.8) is 0 Å². The molecule has 1 rings (SSSR count). The fourth-order valence-corrected chi connectivity index (χ4v) is 1.34. The van der Waals surface area contributed by atoms with Crippen molar-refractivity contribution in [2.24, 2.45) is 0 Å². The minimum absolute atomic E-state index is 0.0524. The molecule has 0 radical (unpaired) electrons. The molecule has 2 N–H and O–H groups in total. The molecule has 0 aromatic heterocycles. The van der Waals surface area contributed by atoms with Crippen LogP contribution in [0.5, 0.6) is 11.5 Å². The number of unbranched alkanes of at least 4 members (excludes halogenated alkanes) is 1. The van der Waals surface area contributed by atoms with E-state index in [0.29, 0.717) is 5.88 Å². The van der Waals surface area contributed by atoms with E-state index in [0.717, 1.165) is 24.8 Å². The molecule has 72 valence electrons. The Balaban J connectivity index is 2.53. The number of halogens is 1. The zero-order valence-corrected chi connectivity index (χ0v) is 8.09. The second kappa shape index (κ2) is 4.97. The monoisotopic (exact) mass is 200 g/mol. The van der Waals surface area contributed by atoms with E-state index in [9.17, 15) is 5.11 Å². The Hall–Kier alpha value is -0.890. The number of hydrogen-bond donors (Lipinski definition) is 2. The molecule has 0 fully saturated rings. The van der Waals surface area contributed by atoms with E-state index in [4.69, 9.17) is 16.7 Å². The average Bonchev–Trinajstić information content (AvgIpc) is 2.12. The van der Waals surface area contributed by atoms with Gasteiger partial charge in [0.05, 0.1) is 0 Å². The smallest absolute Gasteiger partial charge is 0.157 e. The average molecular weight is 201 g/mol. The van der Waals surface area contributed by atoms with Crippen molar-refractivity contribution in [1.29, 1.82) is 0 Å². The number of phenolic OH excluding ortho intramolecular Hbond substituents is 2. The second-order valence-electron chi connectivity index (χ2n) is 2.97. The molecule has 1 aromatic rings. The summed E-state index contributed by atoms with van der Waals surface area (Å²) in [6.45, 7) is 0. The Morgan fingerprint density at radius 3 is 2.46 bits per heavy atom. The lowest BCUT2D eigenvalue weighted by Crippen LogP contribution is -1.85. The summed E-state index contributed by atoms with van der Waals surface area (Å²) in [5, 5.41) is 18.2. The van der Waals surface area contributed by atoms with Crippen molar-refractivity contribution in [2.75, 3.05) is 5.88 Å². The van der Waals surface area contributed by atoms with E-state index >= 15 is 0 Å². The first-order chi connectivity index (χ1) is 6.24. The molecule has 0 heterocycles. The van der Waals surface area contributed by atoms with Crippen LogP contribution in [0.2, 0.25) is 0 Å². The van der Waals surface area contributed by atoms with E-state index in [1.807, 2.05) is 6.07 Å². The first-order valence-corrected chi connectivity index (χ1v) is 4.84. The number of rotatable bonds is 4. The Morgan fingerprint density at radius 1 is 1.08 bits per heavy atom. The highest BCUT2D eigenvalue weighted by Crippen LogP contribution is 2.25. The molecule has 0 aliphatic rings. The van der Waals surface area contributed by atoms with E-state index in [1.54, 1.807) is 6.07 Å². The molecule has 3 heteroatoms. The largest absolute Gasteiger partial charge is 0.504 e. The van der Waals surface area contributed by atoms with E-state index in [-0.39, 0.29) is 11.5 Å². The molecular formula is C10H13ClO2. The lowest BCUT2D eigenvalue weighted by Gasteiger charge is -2.02. The lowest BCUT2D eigenvalue weighted by molar-refractivity contribution is 0.403. The van der Waals surface area contributed by atoms with Gasteiger partial charge in [0.2, 0.25) is 0 Å². The molecule has 0 atom stereocenters. The van der Waals surface area contributed by atoms with Gasteiger partial charge in [0, 0.05) is 5.88 Å². The highest BCUT2D eigenvalue weighted by atomic mass is 35.5. The SMILES string of the molecule is Oc1ccc(CCCCCl)cc1O. The van der Waals surface area contributed by atoms with Gasteiger partial charge in [0.15, 0.2) is 11.5 Å². The number of phenols is 2. The summed E-state index contributed by atoms with van der Waals surface area (Å²) in [5.74, 6) is 0.550. The number of benzene rings is 1. The molecule has 0 saturated heterocycles. The summed E-state index contributed by atoms with van der Waals surface area (Å²) >= 11 is 5.53. The Kier molecular flexibility index (Phi) is 3.90. The van der Waals surface area contributed by atoms with Gasteiger partial charge in [-0.15, -0.1) is 11.6 Å². The Morgan fingerprint density at radius 2 is 1.85 bits per heavy atom. The highest BCUT2D eigenvalue weighted by molar-refractivity contribution is 6.17. The summed E-state index contributed by atoms with van der Waals surface area (Å²) in [4.78, 5) is 0. The van der Waals surface area contributed by atoms with E-state index in [2.05, 4.69) is 0 Å². The van der Waals surface area contributed by atoms with Crippen LogP contribution < -0.4 is 0 Å². The zero-order valence-electron chi connectivity index (χ0n) is 7.33. The van der Waals surface area contributed by atoms with Crippen LogP contribution in [0.3, 0.4) is 0 Å². The summed E-state index contributed by atoms with van der Waals surface area (Å²) in [5.41, 5.74) is 1.03. The fourth-order valence-electron chi connectivity index (χ4n) is 1.15. The summed E-state index contributed by atoms with van der Waals surface area (Å²) in [6.07, 6.45) is 2.87. The molecule has 0 bridgehead atoms. The molecule has 0 spiro atoms. The van der Waals surface area contributed by atoms with Crippen molar-refractivity contribution < 1.29 is 10.2 Å². The zero-order chi connectivity index (χ0) is 9.68. The summed E-state index contributed by atoms with van der Waals surface area (Å²) in [7, 11) is 0. The number of alkyl halides is 1. The van der Waals surface area contributed by atoms with Crippen LogP contribution in [0.4, 0.5) is 0 Å². The third kappa shape index (κ3) is 3.15. The Labute approximate surface area is 82.8 Å². The predicted molar refractivity (Wildman–Crippen MR) is 53.4 cm³/mol. The maximum absolute atomic E-state index is 9.18. The van der Waals surface area contributed by atoms with Crippen LogP contribution in [-0.2, 0) is 6.42 Å². The predicted octanol–water partition coefficient (Wildman–Crippen LogP) is 2.66. The van der Waals surface area contributed by atoms with Gasteiger partial charge in [-0.1, -0.05) is 6.07 Å². The van der Waals surface area contributed by atoms with Crippen molar-refractivity contribution in [2.45, 2.75) is 19.3 Å². The van der Waals surface area contributed by atoms with Crippen LogP contribution in [0.15, 0.2) is 18.2 Å². The molecule has 13 heavy (non-hydrogen) atoms. The highest BCUT2D eigenvalue weighted by Gasteiger charge is 1.99. The van der Waals surface area contributed by atoms with Crippen molar-refractivity contribution in [3.05, 3.63) is 23.8 Å². The molecule has 0 saturated carbocycles. The van der Waals surface area contributed by atoms with Gasteiger partial charge in [-0.05, 0) is 37.0 Å². The van der Waals surface area contributed by atoms with Crippen LogP contribution in [0.25, 0.3) is 0 Å². The normalized spacial score (nSPS) is 10.2. The minimum Gasteiger partial charge on any atom is -0.504 e. The van der Waals surface area contributed by atoms with Gasteiger partial charge < -0.3 is 10.2 Å². The fraction of sp³-hybridized carbons (Fsp3) is 0.400. The summed E-state index contributed by atoms with van der Waals surface area (Å²) in [6, 6.07) is 4.90. The van der Waals surface area contributed by atoms with Crippen LogP contribution in [-0.4, -0.2) is 16.1 Å². The molecule has 2 nitrogen and oxygen atoms in total. The van der Waals surface area contributed by atoms with Crippen molar-refractivity contribution >= 4 is 11.6 Å². The van der Waals surface area contributed by atoms with Gasteiger partial charge in [-0.25, -0.2) is 0 Å². The molecule has 1 aromatic carbocycles. The third-order valence-electron chi connectivity index (χ3n) is 1.89. The summed E-state index contributed by atoms with van der Waals surface area (Å²) < 4.78 is 0. The first kappa shape index (κ1) is 10.2. The van der Waals surface area contributed by atoms with Gasteiger partial charge in [-0.3, -0.25) is 0 Å². The Bertz CT molecular complexity index is 274. The van der Waals surface area contributed by atoms with Gasteiger partial charge in [0.25, 0.3) is 0 Å². The topological polar surface area (TPSA) is 40.5 Å². The molecule has 0 aliphatic heterocycles. The third-order valence-corrected chi connectivity index (χ3v) is 2.16. The number of hydrogen-bond acceptors (Lipinski definition) is 2. The van der Waals surface area contributed by atoms with E-state index < -0.39 is 0 Å². The van der Waals surface area contributed by atoms with Crippen molar-refractivity contribution in [3.8, 4) is 11.5 Å². The molecule has 0 unspecified atom stereocenters. The minimum atomic E-state index is -0.0684. The van der Waals surface area contributed by atoms with Crippen LogP contribution in [0.1, 0.15) is 18.4 Å². The number of aryl methyl sites for hydroxylation is 1. The maximum atomic E-state index is 9.18. The van der Waals surface area contributed by atoms with Crippen LogP contribution in [0, 0.1) is 0 Å². The maximum Gasteiger partial charge on any atom is 0.157 e. The molecule has 0 amide bonds. The first-order valence-electron chi connectivity index (χ1n) is 4.31. The standard InChI is InChI=1S/C10H13ClO2/c11-6-2-1-3-8-4-5-9(12)10(13)7-8/h4-5,7,12-13H,1-3,6H2. The van der Waals surface area contributed by atoms with Gasteiger partial charge in [-0.2, -0.15) is 0 Å². The lowest BCUT2D eigenvalue weighted by atomic mass is 10.1. The molecular weight excluding hydrogens is 188 g/mol. The van der Waals surface area contributed by atoms with Crippen molar-refractivity contribution in [1.82, 2.24) is 0 Å². The van der Waals surface area contributed by atoms with Gasteiger partial charge >= 0.3 is 0 Å².